The van der Waals surface area contributed by atoms with Crippen molar-refractivity contribution in [2.24, 2.45) is 5.92 Å². The van der Waals surface area contributed by atoms with Gasteiger partial charge in [-0.25, -0.2) is 0 Å². The number of hydrogen-bond donors (Lipinski definition) is 2. The minimum Gasteiger partial charge on any atom is -0.324 e. The third-order valence-electron chi connectivity index (χ3n) is 1.90. The SMILES string of the molecule is CC(C)CONCC(=O)Nc1ccccc1Cl. The van der Waals surface area contributed by atoms with Crippen LogP contribution < -0.4 is 10.8 Å². The predicted octanol–water partition coefficient (Wildman–Crippen LogP) is 2.46. The Bertz CT molecular complexity index is 369. The molecule has 94 valence electrons. The molecule has 1 amide bonds. The molecule has 0 bridgehead atoms. The molecule has 17 heavy (non-hydrogen) atoms. The molecule has 0 heterocycles. The number of hydrogen-bond acceptors (Lipinski definition) is 3. The summed E-state index contributed by atoms with van der Waals surface area (Å²) < 4.78 is 0. The maximum Gasteiger partial charge on any atom is 0.240 e. The van der Waals surface area contributed by atoms with Gasteiger partial charge in [0.15, 0.2) is 0 Å². The summed E-state index contributed by atoms with van der Waals surface area (Å²) in [7, 11) is 0. The first-order valence-corrected chi connectivity index (χ1v) is 5.86. The number of hydroxylamine groups is 1. The zero-order valence-electron chi connectivity index (χ0n) is 10.00. The van der Waals surface area contributed by atoms with E-state index < -0.39 is 0 Å². The fourth-order valence-electron chi connectivity index (χ4n) is 1.10. The van der Waals surface area contributed by atoms with Gasteiger partial charge >= 0.3 is 0 Å². The van der Waals surface area contributed by atoms with E-state index >= 15 is 0 Å². The average Bonchev–Trinajstić information content (AvgIpc) is 2.27. The summed E-state index contributed by atoms with van der Waals surface area (Å²) in [5.41, 5.74) is 3.20. The molecule has 0 aliphatic heterocycles. The molecule has 0 saturated carbocycles. The van der Waals surface area contributed by atoms with Crippen LogP contribution >= 0.6 is 11.6 Å². The number of rotatable bonds is 6. The Kier molecular flexibility index (Phi) is 5.97. The second-order valence-corrected chi connectivity index (χ2v) is 4.46. The Hall–Kier alpha value is -1.10. The number of anilines is 1. The van der Waals surface area contributed by atoms with Gasteiger partial charge < -0.3 is 10.2 Å². The van der Waals surface area contributed by atoms with Crippen molar-refractivity contribution in [3.63, 3.8) is 0 Å². The van der Waals surface area contributed by atoms with E-state index in [1.807, 2.05) is 26.0 Å². The van der Waals surface area contributed by atoms with E-state index in [-0.39, 0.29) is 12.5 Å². The van der Waals surface area contributed by atoms with Crippen molar-refractivity contribution in [2.75, 3.05) is 18.5 Å². The number of carbonyl (C=O) groups excluding carboxylic acids is 1. The zero-order valence-corrected chi connectivity index (χ0v) is 10.8. The van der Waals surface area contributed by atoms with E-state index in [2.05, 4.69) is 10.8 Å². The van der Waals surface area contributed by atoms with Gasteiger partial charge in [0.25, 0.3) is 0 Å². The molecule has 2 N–H and O–H groups in total. The highest BCUT2D eigenvalue weighted by molar-refractivity contribution is 6.33. The molecular formula is C12H17ClN2O2. The van der Waals surface area contributed by atoms with E-state index in [0.717, 1.165) is 0 Å². The molecule has 5 heteroatoms. The molecule has 1 rings (SSSR count). The molecule has 0 aromatic heterocycles. The van der Waals surface area contributed by atoms with Crippen LogP contribution in [-0.4, -0.2) is 19.1 Å². The molecule has 0 atom stereocenters. The van der Waals surface area contributed by atoms with Crippen molar-refractivity contribution >= 4 is 23.2 Å². The number of para-hydroxylation sites is 1. The highest BCUT2D eigenvalue weighted by Gasteiger charge is 2.04. The Morgan fingerprint density at radius 1 is 1.41 bits per heavy atom. The summed E-state index contributed by atoms with van der Waals surface area (Å²) in [5, 5.41) is 3.20. The molecule has 1 aromatic rings. The molecule has 0 unspecified atom stereocenters. The van der Waals surface area contributed by atoms with Crippen LogP contribution in [0.3, 0.4) is 0 Å². The minimum atomic E-state index is -0.193. The Morgan fingerprint density at radius 2 is 2.12 bits per heavy atom. The number of carbonyl (C=O) groups is 1. The van der Waals surface area contributed by atoms with Crippen LogP contribution in [0.1, 0.15) is 13.8 Å². The highest BCUT2D eigenvalue weighted by atomic mass is 35.5. The molecule has 0 spiro atoms. The van der Waals surface area contributed by atoms with Crippen LogP contribution in [0.2, 0.25) is 5.02 Å². The summed E-state index contributed by atoms with van der Waals surface area (Å²) in [5.74, 6) is 0.232. The van der Waals surface area contributed by atoms with Crippen LogP contribution in [0, 0.1) is 5.92 Å². The number of nitrogens with one attached hydrogen (secondary N) is 2. The Labute approximate surface area is 106 Å². The van der Waals surface area contributed by atoms with Gasteiger partial charge in [0.1, 0.15) is 6.54 Å². The smallest absolute Gasteiger partial charge is 0.240 e. The second-order valence-electron chi connectivity index (χ2n) is 4.05. The summed E-state index contributed by atoms with van der Waals surface area (Å²) in [4.78, 5) is 16.6. The second kappa shape index (κ2) is 7.27. The quantitative estimate of drug-likeness (QED) is 0.607. The topological polar surface area (TPSA) is 50.4 Å². The van der Waals surface area contributed by atoms with Crippen LogP contribution in [0.4, 0.5) is 5.69 Å². The van der Waals surface area contributed by atoms with Crippen molar-refractivity contribution in [1.82, 2.24) is 5.48 Å². The first-order valence-electron chi connectivity index (χ1n) is 5.48. The van der Waals surface area contributed by atoms with Crippen LogP contribution in [0.5, 0.6) is 0 Å². The molecule has 0 fully saturated rings. The summed E-state index contributed by atoms with van der Waals surface area (Å²) in [6.45, 7) is 4.73. The van der Waals surface area contributed by atoms with E-state index in [4.69, 9.17) is 16.4 Å². The van der Waals surface area contributed by atoms with E-state index in [0.29, 0.717) is 23.2 Å². The van der Waals surface area contributed by atoms with Gasteiger partial charge in [-0.3, -0.25) is 4.79 Å². The van der Waals surface area contributed by atoms with Gasteiger partial charge in [-0.2, -0.15) is 5.48 Å². The minimum absolute atomic E-state index is 0.0952. The molecule has 0 aliphatic carbocycles. The lowest BCUT2D eigenvalue weighted by Crippen LogP contribution is -2.29. The third-order valence-corrected chi connectivity index (χ3v) is 2.23. The van der Waals surface area contributed by atoms with Crippen LogP contribution in [0.15, 0.2) is 24.3 Å². The normalized spacial score (nSPS) is 10.6. The maximum atomic E-state index is 11.5. The van der Waals surface area contributed by atoms with E-state index in [9.17, 15) is 4.79 Å². The van der Waals surface area contributed by atoms with Gasteiger partial charge in [0, 0.05) is 0 Å². The van der Waals surface area contributed by atoms with Crippen LogP contribution in [0.25, 0.3) is 0 Å². The number of halogens is 1. The monoisotopic (exact) mass is 256 g/mol. The first-order chi connectivity index (χ1) is 8.09. The summed E-state index contributed by atoms with van der Waals surface area (Å²) in [6.07, 6.45) is 0. The van der Waals surface area contributed by atoms with Crippen LogP contribution in [-0.2, 0) is 9.63 Å². The maximum absolute atomic E-state index is 11.5. The lowest BCUT2D eigenvalue weighted by molar-refractivity contribution is -0.118. The zero-order chi connectivity index (χ0) is 12.7. The largest absolute Gasteiger partial charge is 0.324 e. The van der Waals surface area contributed by atoms with Crippen molar-refractivity contribution < 1.29 is 9.63 Å². The van der Waals surface area contributed by atoms with Gasteiger partial charge in [-0.05, 0) is 18.1 Å². The molecule has 0 aliphatic rings. The first kappa shape index (κ1) is 14.0. The third kappa shape index (κ3) is 5.68. The van der Waals surface area contributed by atoms with Gasteiger partial charge in [0.2, 0.25) is 5.91 Å². The van der Waals surface area contributed by atoms with Crippen molar-refractivity contribution in [1.29, 1.82) is 0 Å². The summed E-state index contributed by atoms with van der Waals surface area (Å²) in [6, 6.07) is 7.08. The lowest BCUT2D eigenvalue weighted by atomic mass is 10.2. The molecular weight excluding hydrogens is 240 g/mol. The van der Waals surface area contributed by atoms with Gasteiger partial charge in [-0.15, -0.1) is 0 Å². The fraction of sp³-hybridized carbons (Fsp3) is 0.417. The van der Waals surface area contributed by atoms with Crippen molar-refractivity contribution in [2.45, 2.75) is 13.8 Å². The van der Waals surface area contributed by atoms with Gasteiger partial charge in [-0.1, -0.05) is 37.6 Å². The van der Waals surface area contributed by atoms with Crippen molar-refractivity contribution in [3.05, 3.63) is 29.3 Å². The molecule has 0 radical (unpaired) electrons. The predicted molar refractivity (Wildman–Crippen MR) is 68.9 cm³/mol. The summed E-state index contributed by atoms with van der Waals surface area (Å²) >= 11 is 5.90. The fourth-order valence-corrected chi connectivity index (χ4v) is 1.28. The highest BCUT2D eigenvalue weighted by Crippen LogP contribution is 2.19. The number of amides is 1. The number of benzene rings is 1. The Morgan fingerprint density at radius 3 is 2.76 bits per heavy atom. The lowest BCUT2D eigenvalue weighted by Gasteiger charge is -2.09. The molecule has 0 saturated heterocycles. The standard InChI is InChI=1S/C12H17ClN2O2/c1-9(2)8-17-14-7-12(16)15-11-6-4-3-5-10(11)13/h3-6,9,14H,7-8H2,1-2H3,(H,15,16). The molecule has 1 aromatic carbocycles. The van der Waals surface area contributed by atoms with E-state index in [1.54, 1.807) is 12.1 Å². The van der Waals surface area contributed by atoms with E-state index in [1.165, 1.54) is 0 Å². The van der Waals surface area contributed by atoms with Gasteiger partial charge in [0.05, 0.1) is 17.3 Å². The Balaban J connectivity index is 2.28. The molecule has 4 nitrogen and oxygen atoms in total. The van der Waals surface area contributed by atoms with Crippen molar-refractivity contribution in [3.8, 4) is 0 Å². The average molecular weight is 257 g/mol.